The van der Waals surface area contributed by atoms with E-state index in [1.54, 1.807) is 22.9 Å². The maximum atomic E-state index is 13.8. The second-order valence-corrected chi connectivity index (χ2v) is 11.1. The van der Waals surface area contributed by atoms with Crippen molar-refractivity contribution in [1.29, 1.82) is 5.41 Å². The number of fused-ring (bicyclic) bond motifs is 1. The third kappa shape index (κ3) is 4.51. The molecule has 1 N–H and O–H groups in total. The molecule has 186 valence electrons. The number of benzene rings is 2. The summed E-state index contributed by atoms with van der Waals surface area (Å²) in [6.07, 6.45) is -0.728. The van der Waals surface area contributed by atoms with Crippen molar-refractivity contribution in [2.24, 2.45) is 0 Å². The minimum Gasteiger partial charge on any atom is -0.337 e. The fourth-order valence-corrected chi connectivity index (χ4v) is 7.49. The van der Waals surface area contributed by atoms with E-state index in [0.29, 0.717) is 12.0 Å². The van der Waals surface area contributed by atoms with Crippen molar-refractivity contribution >= 4 is 51.2 Å². The molecule has 2 aromatic heterocycles. The van der Waals surface area contributed by atoms with Gasteiger partial charge in [0.15, 0.2) is 12.7 Å². The van der Waals surface area contributed by atoms with Crippen LogP contribution in [0.3, 0.4) is 0 Å². The molecule has 0 amide bonds. The van der Waals surface area contributed by atoms with Crippen LogP contribution >= 0.6 is 34.4 Å². The molecule has 0 radical (unpaired) electrons. The number of aromatic nitrogens is 2. The third-order valence-electron chi connectivity index (χ3n) is 5.89. The molecule has 0 fully saturated rings. The van der Waals surface area contributed by atoms with Gasteiger partial charge in [0, 0.05) is 24.1 Å². The highest BCUT2D eigenvalue weighted by Crippen LogP contribution is 2.45. The lowest BCUT2D eigenvalue weighted by Gasteiger charge is -2.12. The van der Waals surface area contributed by atoms with Gasteiger partial charge in [0.1, 0.15) is 25.5 Å². The van der Waals surface area contributed by atoms with E-state index in [-0.39, 0.29) is 17.9 Å². The predicted molar refractivity (Wildman–Crippen MR) is 136 cm³/mol. The van der Waals surface area contributed by atoms with Crippen molar-refractivity contribution in [3.8, 4) is 0 Å². The van der Waals surface area contributed by atoms with Gasteiger partial charge in [-0.1, -0.05) is 41.3 Å². The van der Waals surface area contributed by atoms with Gasteiger partial charge in [-0.05, 0) is 31.2 Å². The van der Waals surface area contributed by atoms with Crippen molar-refractivity contribution in [1.82, 2.24) is 4.57 Å². The van der Waals surface area contributed by atoms with E-state index in [9.17, 15) is 17.6 Å². The summed E-state index contributed by atoms with van der Waals surface area (Å²) in [4.78, 5) is 2.76. The van der Waals surface area contributed by atoms with E-state index < -0.39 is 11.7 Å². The van der Waals surface area contributed by atoms with Gasteiger partial charge >= 0.3 is 6.18 Å². The summed E-state index contributed by atoms with van der Waals surface area (Å²) in [6, 6.07) is 10.3. The Bertz CT molecular complexity index is 1630. The van der Waals surface area contributed by atoms with Crippen molar-refractivity contribution in [2.45, 2.75) is 31.1 Å². The molecule has 4 nitrogen and oxygen atoms in total. The lowest BCUT2D eigenvalue weighted by Crippen LogP contribution is -2.37. The molecule has 2 aromatic carbocycles. The van der Waals surface area contributed by atoms with Crippen molar-refractivity contribution < 1.29 is 22.1 Å². The van der Waals surface area contributed by atoms with Crippen LogP contribution in [0.2, 0.25) is 0 Å². The Morgan fingerprint density at radius 1 is 1.14 bits per heavy atom. The number of anilines is 1. The summed E-state index contributed by atoms with van der Waals surface area (Å²) < 4.78 is 59.5. The zero-order valence-corrected chi connectivity index (χ0v) is 21.7. The Kier molecular flexibility index (Phi) is 6.56. The van der Waals surface area contributed by atoms with Crippen LogP contribution < -0.4 is 24.1 Å². The van der Waals surface area contributed by atoms with Crippen LogP contribution in [0.1, 0.15) is 23.1 Å². The number of thiazole rings is 2. The lowest BCUT2D eigenvalue weighted by molar-refractivity contribution is -0.685. The number of alkyl halides is 3. The zero-order chi connectivity index (χ0) is 25.6. The highest BCUT2D eigenvalue weighted by molar-refractivity contribution is 8.08. The zero-order valence-electron chi connectivity index (χ0n) is 19.3. The molecular weight excluding hydrogens is 528 g/mol. The van der Waals surface area contributed by atoms with Gasteiger partial charge in [-0.2, -0.15) is 17.7 Å². The summed E-state index contributed by atoms with van der Waals surface area (Å²) in [5.41, 5.74) is 0.793. The minimum atomic E-state index is -4.42. The molecule has 36 heavy (non-hydrogen) atoms. The second-order valence-electron chi connectivity index (χ2n) is 8.11. The summed E-state index contributed by atoms with van der Waals surface area (Å²) >= 11 is 4.31. The quantitative estimate of drug-likeness (QED) is 0.295. The molecular formula is C25H21F4N4S3+. The van der Waals surface area contributed by atoms with Gasteiger partial charge in [-0.25, -0.2) is 4.39 Å². The van der Waals surface area contributed by atoms with Crippen LogP contribution in [0.15, 0.2) is 58.9 Å². The van der Waals surface area contributed by atoms with E-state index >= 15 is 0 Å². The molecule has 1 aliphatic rings. The largest absolute Gasteiger partial charge is 0.416 e. The first-order chi connectivity index (χ1) is 17.2. The number of nitrogens with one attached hydrogen (secondary N) is 1. The molecule has 0 bridgehead atoms. The van der Waals surface area contributed by atoms with Crippen LogP contribution in [0.5, 0.6) is 0 Å². The number of hydrogen-bond acceptors (Lipinski definition) is 5. The van der Waals surface area contributed by atoms with E-state index in [4.69, 9.17) is 5.41 Å². The van der Waals surface area contributed by atoms with Gasteiger partial charge in [0.2, 0.25) is 0 Å². The summed E-state index contributed by atoms with van der Waals surface area (Å²) in [6.45, 7) is 2.60. The van der Waals surface area contributed by atoms with Crippen molar-refractivity contribution in [3.63, 3.8) is 0 Å². The van der Waals surface area contributed by atoms with Gasteiger partial charge in [0.25, 0.3) is 5.01 Å². The molecule has 3 heterocycles. The van der Waals surface area contributed by atoms with Gasteiger partial charge in [-0.3, -0.25) is 5.41 Å². The lowest BCUT2D eigenvalue weighted by atomic mass is 10.1. The second kappa shape index (κ2) is 9.53. The maximum Gasteiger partial charge on any atom is 0.416 e. The van der Waals surface area contributed by atoms with Gasteiger partial charge in [-0.15, -0.1) is 11.3 Å². The Balaban J connectivity index is 1.59. The standard InChI is InChI=1S/C25H21F4N4S3/c1-3-33-21(36-22(23(33)30)24-31(2)18-9-8-16(26)12-19(18)35-24)13-20-32(10-11-34-20)14-15-6-4-5-7-17(15)25(27,28)29/h4-13,30H,3,14H2,1-2H3/q+1. The van der Waals surface area contributed by atoms with Crippen LogP contribution in [0.25, 0.3) is 11.1 Å². The topological polar surface area (TPSA) is 35.9 Å². The number of rotatable bonds is 4. The fraction of sp³-hybridized carbons (Fsp3) is 0.200. The van der Waals surface area contributed by atoms with Gasteiger partial charge < -0.3 is 9.47 Å². The first kappa shape index (κ1) is 24.8. The van der Waals surface area contributed by atoms with Crippen molar-refractivity contribution in [2.75, 3.05) is 11.9 Å². The molecule has 5 rings (SSSR count). The average molecular weight is 550 g/mol. The maximum absolute atomic E-state index is 13.8. The van der Waals surface area contributed by atoms with Crippen LogP contribution in [0, 0.1) is 11.2 Å². The molecule has 0 spiro atoms. The minimum absolute atomic E-state index is 0.0833. The molecule has 1 aliphatic heterocycles. The van der Waals surface area contributed by atoms with Crippen molar-refractivity contribution in [3.05, 3.63) is 90.7 Å². The first-order valence-corrected chi connectivity index (χ1v) is 13.5. The van der Waals surface area contributed by atoms with E-state index in [1.165, 1.54) is 58.7 Å². The number of nitrogens with zero attached hydrogens (tertiary/aromatic N) is 3. The molecule has 0 saturated carbocycles. The summed E-state index contributed by atoms with van der Waals surface area (Å²) in [7, 11) is 1.90. The molecule has 4 aromatic rings. The third-order valence-corrected chi connectivity index (χ3v) is 9.22. The van der Waals surface area contributed by atoms with Crippen LogP contribution in [-0.2, 0) is 19.3 Å². The Morgan fingerprint density at radius 2 is 1.92 bits per heavy atom. The van der Waals surface area contributed by atoms with Crippen LogP contribution in [-0.4, -0.2) is 11.6 Å². The highest BCUT2D eigenvalue weighted by atomic mass is 32.2. The first-order valence-electron chi connectivity index (χ1n) is 11.0. The predicted octanol–water partition coefficient (Wildman–Crippen LogP) is 4.74. The normalized spacial score (nSPS) is 15.6. The summed E-state index contributed by atoms with van der Waals surface area (Å²) in [5, 5.41) is 12.3. The molecule has 0 saturated heterocycles. The number of thioether (sulfide) groups is 1. The summed E-state index contributed by atoms with van der Waals surface area (Å²) in [5.74, 6) is -0.305. The average Bonchev–Trinajstić information content (AvgIpc) is 3.49. The number of halogens is 4. The fourth-order valence-electron chi connectivity index (χ4n) is 4.12. The Hall–Kier alpha value is -2.89. The molecule has 0 atom stereocenters. The van der Waals surface area contributed by atoms with Crippen LogP contribution in [0.4, 0.5) is 23.2 Å². The van der Waals surface area contributed by atoms with E-state index in [2.05, 4.69) is 0 Å². The molecule has 11 heteroatoms. The van der Waals surface area contributed by atoms with E-state index in [1.807, 2.05) is 34.9 Å². The highest BCUT2D eigenvalue weighted by Gasteiger charge is 2.34. The monoisotopic (exact) mass is 549 g/mol. The Labute approximate surface area is 216 Å². The SMILES string of the molecule is CCn1c(=Cc2scc[n+]2Cc2ccccc2C(F)(F)F)sc(=C2Sc3cc(F)ccc3N2C)c1=N. The Morgan fingerprint density at radius 3 is 2.67 bits per heavy atom. The molecule has 0 unspecified atom stereocenters. The smallest absolute Gasteiger partial charge is 0.337 e. The molecule has 0 aliphatic carbocycles. The van der Waals surface area contributed by atoms with E-state index in [0.717, 1.165) is 35.9 Å². The van der Waals surface area contributed by atoms with Gasteiger partial charge in [0.05, 0.1) is 22.7 Å². The number of hydrogen-bond donors (Lipinski definition) is 1.